The molecule has 77 heavy (non-hydrogen) atoms. The Morgan fingerprint density at radius 3 is 1.13 bits per heavy atom. The van der Waals surface area contributed by atoms with E-state index in [1.165, 1.54) is 50.9 Å². The maximum absolute atomic E-state index is 12.9. The van der Waals surface area contributed by atoms with Gasteiger partial charge >= 0.3 is 18.5 Å². The molecule has 0 aliphatic carbocycles. The van der Waals surface area contributed by atoms with E-state index in [1.54, 1.807) is 60.8 Å². The second-order valence-electron chi connectivity index (χ2n) is 15.1. The number of methoxy groups -OCH3 is 2. The number of halogens is 9. The molecular formula is C50H34F9N9O9. The second kappa shape index (κ2) is 23.4. The number of aromatic amines is 2. The normalized spacial score (nSPS) is 11.3. The Balaban J connectivity index is 0.000000168. The van der Waals surface area contributed by atoms with Crippen LogP contribution >= 0.6 is 0 Å². The molecule has 0 aliphatic rings. The van der Waals surface area contributed by atoms with Crippen LogP contribution in [0, 0.1) is 0 Å². The highest BCUT2D eigenvalue weighted by Gasteiger charge is 2.33. The number of aromatic nitrogens is 9. The molecule has 0 saturated carbocycles. The molecule has 0 radical (unpaired) electrons. The number of ether oxygens (including phenoxy) is 5. The zero-order valence-corrected chi connectivity index (χ0v) is 39.1. The Morgan fingerprint density at radius 2 is 0.792 bits per heavy atom. The fourth-order valence-electron chi connectivity index (χ4n) is 6.23. The van der Waals surface area contributed by atoms with Crippen LogP contribution < -0.4 is 34.8 Å². The second-order valence-corrected chi connectivity index (χ2v) is 15.1. The predicted molar refractivity (Wildman–Crippen MR) is 252 cm³/mol. The maximum Gasteiger partial charge on any atom is 0.416 e. The summed E-state index contributed by atoms with van der Waals surface area (Å²) in [6, 6.07) is 27.3. The molecule has 18 nitrogen and oxygen atoms in total. The van der Waals surface area contributed by atoms with Crippen molar-refractivity contribution in [2.45, 2.75) is 18.5 Å². The third kappa shape index (κ3) is 14.2. The van der Waals surface area contributed by atoms with Gasteiger partial charge in [0.15, 0.2) is 17.5 Å². The molecule has 0 fully saturated rings. The first-order valence-electron chi connectivity index (χ1n) is 21.6. The van der Waals surface area contributed by atoms with Crippen LogP contribution in [0.15, 0.2) is 156 Å². The van der Waals surface area contributed by atoms with Gasteiger partial charge < -0.3 is 43.9 Å². The summed E-state index contributed by atoms with van der Waals surface area (Å²) < 4.78 is 142. The summed E-state index contributed by atoms with van der Waals surface area (Å²) in [5.74, 6) is -3.05. The van der Waals surface area contributed by atoms with E-state index < -0.39 is 69.6 Å². The minimum Gasteiger partial charge on any atom is -0.499 e. The predicted octanol–water partition coefficient (Wildman–Crippen LogP) is 11.1. The highest BCUT2D eigenvalue weighted by molar-refractivity contribution is 5.56. The van der Waals surface area contributed by atoms with Gasteiger partial charge in [-0.1, -0.05) is 36.4 Å². The Labute approximate surface area is 426 Å². The van der Waals surface area contributed by atoms with Crippen LogP contribution in [0.5, 0.6) is 58.0 Å². The fraction of sp³-hybridized carbons (Fsp3) is 0.100. The van der Waals surface area contributed by atoms with E-state index in [0.29, 0.717) is 17.1 Å². The molecule has 0 unspecified atom stereocenters. The highest BCUT2D eigenvalue weighted by Crippen LogP contribution is 2.40. The largest absolute Gasteiger partial charge is 0.499 e. The first-order valence-corrected chi connectivity index (χ1v) is 21.6. The van der Waals surface area contributed by atoms with Gasteiger partial charge in [0.1, 0.15) is 34.3 Å². The number of H-pyrrole nitrogens is 2. The molecule has 0 spiro atoms. The highest BCUT2D eigenvalue weighted by atomic mass is 19.4. The van der Waals surface area contributed by atoms with Crippen LogP contribution in [0.4, 0.5) is 39.5 Å². The van der Waals surface area contributed by atoms with E-state index >= 15 is 0 Å². The standard InChI is InChI=1S/C18H14F3N3O3.2C16H10F3N3O3/c1-25-14-16(26-2)23-15(13-8-3-4-9-22-13)24-17(14)27-12-7-5-6-11(10-12)18(19,20)21;2*17-16(18,19)9-4-3-5-10(8-9)25-15-12(23)14(24)21-13(22-15)11-6-1-2-7-20-11/h3-10H,1-2H3;2*1-8,23H,(H,21,22,24). The first-order chi connectivity index (χ1) is 36.6. The quantitative estimate of drug-likeness (QED) is 0.0880. The molecule has 0 bridgehead atoms. The summed E-state index contributed by atoms with van der Waals surface area (Å²) in [4.78, 5) is 56.7. The van der Waals surface area contributed by atoms with Gasteiger partial charge in [0, 0.05) is 18.6 Å². The van der Waals surface area contributed by atoms with Crippen LogP contribution in [-0.4, -0.2) is 69.3 Å². The Hall–Kier alpha value is -10.1. The zero-order chi connectivity index (χ0) is 55.5. The fourth-order valence-corrected chi connectivity index (χ4v) is 6.23. The minimum absolute atomic E-state index is 0.00498. The summed E-state index contributed by atoms with van der Waals surface area (Å²) in [6.45, 7) is 0. The molecule has 9 rings (SSSR count). The lowest BCUT2D eigenvalue weighted by Gasteiger charge is -2.14. The van der Waals surface area contributed by atoms with Gasteiger partial charge in [0.05, 0.1) is 30.9 Å². The van der Waals surface area contributed by atoms with Crippen LogP contribution in [0.25, 0.3) is 34.6 Å². The van der Waals surface area contributed by atoms with Gasteiger partial charge in [0.25, 0.3) is 34.6 Å². The van der Waals surface area contributed by atoms with Gasteiger partial charge in [-0.25, -0.2) is 0 Å². The van der Waals surface area contributed by atoms with E-state index in [-0.39, 0.29) is 52.2 Å². The van der Waals surface area contributed by atoms with Crippen LogP contribution in [-0.2, 0) is 18.5 Å². The number of hydrogen-bond acceptors (Lipinski definition) is 16. The van der Waals surface area contributed by atoms with Gasteiger partial charge in [-0.05, 0) is 91.0 Å². The van der Waals surface area contributed by atoms with Gasteiger partial charge in [-0.3, -0.25) is 24.5 Å². The number of pyridine rings is 3. The molecule has 6 aromatic heterocycles. The van der Waals surface area contributed by atoms with E-state index in [0.717, 1.165) is 48.5 Å². The number of nitrogens with zero attached hydrogens (tertiary/aromatic N) is 7. The maximum atomic E-state index is 12.9. The molecule has 0 amide bonds. The van der Waals surface area contributed by atoms with Crippen molar-refractivity contribution >= 4 is 0 Å². The number of benzene rings is 3. The number of nitrogens with one attached hydrogen (secondary N) is 2. The molecule has 0 aliphatic heterocycles. The summed E-state index contributed by atoms with van der Waals surface area (Å²) in [5, 5.41) is 19.6. The molecule has 396 valence electrons. The van der Waals surface area contributed by atoms with E-state index in [1.807, 2.05) is 0 Å². The van der Waals surface area contributed by atoms with Crippen molar-refractivity contribution in [3.05, 3.63) is 183 Å². The third-order valence-electron chi connectivity index (χ3n) is 9.76. The summed E-state index contributed by atoms with van der Waals surface area (Å²) in [5.41, 5.74) is -3.48. The molecule has 0 atom stereocenters. The molecule has 9 aromatic rings. The van der Waals surface area contributed by atoms with E-state index in [2.05, 4.69) is 44.9 Å². The monoisotopic (exact) mass is 1080 g/mol. The Bertz CT molecular complexity index is 3440. The molecule has 6 heterocycles. The SMILES string of the molecule is COc1nc(-c2ccccn2)nc(Oc2cccc(C(F)(F)F)c2)c1OC.O=c1[nH]c(-c2ccccn2)nc(Oc2cccc(C(F)(F)F)c2)c1O.O=c1[nH]c(-c2ccccn2)nc(Oc2cccc(C(F)(F)F)c2)c1O. The van der Waals surface area contributed by atoms with Gasteiger partial charge in [0.2, 0.25) is 17.2 Å². The average molecular weight is 1080 g/mol. The topological polar surface area (TPSA) is 243 Å². The summed E-state index contributed by atoms with van der Waals surface area (Å²) >= 11 is 0. The summed E-state index contributed by atoms with van der Waals surface area (Å²) in [6.07, 6.45) is -9.11. The molecule has 0 saturated heterocycles. The lowest BCUT2D eigenvalue weighted by Crippen LogP contribution is -2.10. The minimum atomic E-state index is -4.55. The molecule has 4 N–H and O–H groups in total. The van der Waals surface area contributed by atoms with Crippen molar-refractivity contribution in [2.24, 2.45) is 0 Å². The molecule has 27 heteroatoms. The number of alkyl halides is 9. The van der Waals surface area contributed by atoms with Gasteiger partial charge in [-0.15, -0.1) is 0 Å². The number of aromatic hydroxyl groups is 2. The van der Waals surface area contributed by atoms with Crippen molar-refractivity contribution in [1.82, 2.24) is 44.9 Å². The van der Waals surface area contributed by atoms with Gasteiger partial charge in [-0.2, -0.15) is 59.4 Å². The van der Waals surface area contributed by atoms with Crippen LogP contribution in [0.1, 0.15) is 16.7 Å². The van der Waals surface area contributed by atoms with E-state index in [9.17, 15) is 59.3 Å². The molecular weight excluding hydrogens is 1040 g/mol. The van der Waals surface area contributed by atoms with Crippen molar-refractivity contribution in [2.75, 3.05) is 14.2 Å². The zero-order valence-electron chi connectivity index (χ0n) is 39.1. The Kier molecular flexibility index (Phi) is 16.6. The lowest BCUT2D eigenvalue weighted by atomic mass is 10.2. The van der Waals surface area contributed by atoms with Crippen molar-refractivity contribution in [1.29, 1.82) is 0 Å². The number of hydrogen-bond donors (Lipinski definition) is 4. The molecule has 3 aromatic carbocycles. The van der Waals surface area contributed by atoms with Crippen molar-refractivity contribution in [3.63, 3.8) is 0 Å². The number of rotatable bonds is 11. The average Bonchev–Trinajstić information content (AvgIpc) is 3.42. The third-order valence-corrected chi connectivity index (χ3v) is 9.76. The van der Waals surface area contributed by atoms with Crippen LogP contribution in [0.3, 0.4) is 0 Å². The first kappa shape index (κ1) is 54.7. The van der Waals surface area contributed by atoms with Crippen LogP contribution in [0.2, 0.25) is 0 Å². The lowest BCUT2D eigenvalue weighted by molar-refractivity contribution is -0.138. The smallest absolute Gasteiger partial charge is 0.416 e. The van der Waals surface area contributed by atoms with Crippen molar-refractivity contribution < 1.29 is 73.4 Å². The van der Waals surface area contributed by atoms with E-state index in [4.69, 9.17) is 23.7 Å². The van der Waals surface area contributed by atoms with Crippen molar-refractivity contribution in [3.8, 4) is 92.6 Å². The summed E-state index contributed by atoms with van der Waals surface area (Å²) in [7, 11) is 2.72. The Morgan fingerprint density at radius 1 is 0.429 bits per heavy atom.